The highest BCUT2D eigenvalue weighted by Crippen LogP contribution is 2.29. The van der Waals surface area contributed by atoms with Gasteiger partial charge in [0.2, 0.25) is 0 Å². The molecule has 0 aliphatic carbocycles. The Hall–Kier alpha value is -3.12. The fourth-order valence-electron chi connectivity index (χ4n) is 2.96. The monoisotopic (exact) mass is 395 g/mol. The maximum Gasteiger partial charge on any atom is 0.345 e. The molecule has 3 aromatic rings. The smallest absolute Gasteiger partial charge is 0.345 e. The van der Waals surface area contributed by atoms with Crippen molar-refractivity contribution in [1.29, 1.82) is 0 Å². The summed E-state index contributed by atoms with van der Waals surface area (Å²) < 4.78 is 21.5. The number of aromatic nitrogens is 1. The minimum Gasteiger partial charge on any atom is -0.496 e. The van der Waals surface area contributed by atoms with Gasteiger partial charge in [0.15, 0.2) is 0 Å². The number of esters is 1. The number of ether oxygens (including phenoxy) is 4. The second-order valence-corrected chi connectivity index (χ2v) is 6.43. The van der Waals surface area contributed by atoms with Gasteiger partial charge in [-0.3, -0.25) is 4.98 Å². The first kappa shape index (κ1) is 20.6. The van der Waals surface area contributed by atoms with E-state index < -0.39 is 5.97 Å². The van der Waals surface area contributed by atoms with Gasteiger partial charge >= 0.3 is 5.97 Å². The van der Waals surface area contributed by atoms with E-state index in [4.69, 9.17) is 18.9 Å². The number of rotatable bonds is 10. The predicted molar refractivity (Wildman–Crippen MR) is 110 cm³/mol. The molecule has 6 nitrogen and oxygen atoms in total. The van der Waals surface area contributed by atoms with Crippen LogP contribution in [-0.4, -0.2) is 38.4 Å². The molecular weight excluding hydrogens is 370 g/mol. The number of methoxy groups -OCH3 is 2. The van der Waals surface area contributed by atoms with Gasteiger partial charge in [-0.15, -0.1) is 0 Å². The molecule has 0 saturated carbocycles. The van der Waals surface area contributed by atoms with E-state index in [0.717, 1.165) is 29.4 Å². The molecule has 0 saturated heterocycles. The molecule has 0 aliphatic heterocycles. The van der Waals surface area contributed by atoms with Crippen LogP contribution in [-0.2, 0) is 16.1 Å². The van der Waals surface area contributed by atoms with Crippen molar-refractivity contribution < 1.29 is 23.7 Å². The zero-order valence-electron chi connectivity index (χ0n) is 16.7. The topological polar surface area (TPSA) is 66.9 Å². The van der Waals surface area contributed by atoms with Crippen molar-refractivity contribution in [2.75, 3.05) is 27.4 Å². The van der Waals surface area contributed by atoms with Crippen molar-refractivity contribution in [2.45, 2.75) is 19.4 Å². The standard InChI is InChI=1S/C23H25NO5/c1-26-20-10-7-11-21(22(20)23(25)27-2)29-15-6-5-14-28-16-18-13-12-17-8-3-4-9-19(17)24-18/h3-4,7-13H,5-6,14-16H2,1-2H3. The number of hydrogen-bond donors (Lipinski definition) is 0. The molecule has 2 aromatic carbocycles. The molecule has 3 rings (SSSR count). The van der Waals surface area contributed by atoms with E-state index >= 15 is 0 Å². The van der Waals surface area contributed by atoms with E-state index in [1.165, 1.54) is 14.2 Å². The Labute approximate surface area is 170 Å². The maximum atomic E-state index is 12.0. The van der Waals surface area contributed by atoms with Gasteiger partial charge in [-0.05, 0) is 37.1 Å². The highest BCUT2D eigenvalue weighted by atomic mass is 16.5. The summed E-state index contributed by atoms with van der Waals surface area (Å²) in [5, 5.41) is 1.12. The molecule has 0 spiro atoms. The first-order chi connectivity index (χ1) is 14.2. The zero-order chi connectivity index (χ0) is 20.5. The molecule has 0 fully saturated rings. The molecule has 0 amide bonds. The van der Waals surface area contributed by atoms with Crippen molar-refractivity contribution in [3.63, 3.8) is 0 Å². The molecule has 0 unspecified atom stereocenters. The minimum absolute atomic E-state index is 0.302. The summed E-state index contributed by atoms with van der Waals surface area (Å²) in [6.07, 6.45) is 1.63. The summed E-state index contributed by atoms with van der Waals surface area (Å²) in [5.74, 6) is 0.404. The Morgan fingerprint density at radius 1 is 0.897 bits per heavy atom. The van der Waals surface area contributed by atoms with Crippen LogP contribution >= 0.6 is 0 Å². The van der Waals surface area contributed by atoms with Crippen molar-refractivity contribution in [1.82, 2.24) is 4.98 Å². The van der Waals surface area contributed by atoms with Crippen molar-refractivity contribution in [2.24, 2.45) is 0 Å². The highest BCUT2D eigenvalue weighted by Gasteiger charge is 2.18. The second-order valence-electron chi connectivity index (χ2n) is 6.43. The van der Waals surface area contributed by atoms with Gasteiger partial charge in [-0.25, -0.2) is 4.79 Å². The SMILES string of the molecule is COC(=O)c1c(OC)cccc1OCCCCOCc1ccc2ccccc2n1. The van der Waals surface area contributed by atoms with E-state index in [1.54, 1.807) is 18.2 Å². The lowest BCUT2D eigenvalue weighted by atomic mass is 10.1. The number of benzene rings is 2. The van der Waals surface area contributed by atoms with Gasteiger partial charge in [0.05, 0.1) is 38.6 Å². The Morgan fingerprint density at radius 3 is 2.52 bits per heavy atom. The van der Waals surface area contributed by atoms with E-state index in [1.807, 2.05) is 30.3 Å². The fraction of sp³-hybridized carbons (Fsp3) is 0.304. The lowest BCUT2D eigenvalue weighted by Crippen LogP contribution is -2.09. The van der Waals surface area contributed by atoms with Crippen LogP contribution in [0.15, 0.2) is 54.6 Å². The first-order valence-electron chi connectivity index (χ1n) is 9.53. The van der Waals surface area contributed by atoms with Gasteiger partial charge in [-0.1, -0.05) is 30.3 Å². The summed E-state index contributed by atoms with van der Waals surface area (Å²) >= 11 is 0. The van der Waals surface area contributed by atoms with Crippen LogP contribution in [0.5, 0.6) is 11.5 Å². The Balaban J connectivity index is 1.41. The molecule has 1 heterocycles. The summed E-state index contributed by atoms with van der Waals surface area (Å²) in [6.45, 7) is 1.56. The van der Waals surface area contributed by atoms with E-state index in [2.05, 4.69) is 11.1 Å². The van der Waals surface area contributed by atoms with Gasteiger partial charge in [0.1, 0.15) is 17.1 Å². The summed E-state index contributed by atoms with van der Waals surface area (Å²) in [4.78, 5) is 16.6. The van der Waals surface area contributed by atoms with Crippen LogP contribution in [0.3, 0.4) is 0 Å². The first-order valence-corrected chi connectivity index (χ1v) is 9.53. The van der Waals surface area contributed by atoms with Crippen LogP contribution in [0.25, 0.3) is 10.9 Å². The van der Waals surface area contributed by atoms with Crippen LogP contribution < -0.4 is 9.47 Å². The number of nitrogens with zero attached hydrogens (tertiary/aromatic N) is 1. The Morgan fingerprint density at radius 2 is 1.69 bits per heavy atom. The number of hydrogen-bond acceptors (Lipinski definition) is 6. The second kappa shape index (κ2) is 10.4. The van der Waals surface area contributed by atoms with Crippen LogP contribution in [0.2, 0.25) is 0 Å². The van der Waals surface area contributed by atoms with Crippen LogP contribution in [0.4, 0.5) is 0 Å². The Bertz CT molecular complexity index is 957. The molecule has 0 aliphatic rings. The third-order valence-electron chi connectivity index (χ3n) is 4.44. The van der Waals surface area contributed by atoms with Gasteiger partial charge in [0, 0.05) is 12.0 Å². The van der Waals surface area contributed by atoms with Gasteiger partial charge in [0.25, 0.3) is 0 Å². The van der Waals surface area contributed by atoms with E-state index in [9.17, 15) is 4.79 Å². The highest BCUT2D eigenvalue weighted by molar-refractivity contribution is 5.95. The van der Waals surface area contributed by atoms with Crippen molar-refractivity contribution in [3.8, 4) is 11.5 Å². The van der Waals surface area contributed by atoms with E-state index in [0.29, 0.717) is 36.9 Å². The number of fused-ring (bicyclic) bond motifs is 1. The average molecular weight is 395 g/mol. The summed E-state index contributed by atoms with van der Waals surface area (Å²) in [7, 11) is 2.84. The number of carbonyl (C=O) groups excluding carboxylic acids is 1. The minimum atomic E-state index is -0.483. The number of para-hydroxylation sites is 1. The molecule has 0 radical (unpaired) electrons. The quantitative estimate of drug-likeness (QED) is 0.374. The number of unbranched alkanes of at least 4 members (excludes halogenated alkanes) is 1. The molecule has 0 atom stereocenters. The Kier molecular flexibility index (Phi) is 7.41. The molecule has 152 valence electrons. The maximum absolute atomic E-state index is 12.0. The molecule has 0 N–H and O–H groups in total. The summed E-state index contributed by atoms with van der Waals surface area (Å²) in [6, 6.07) is 17.3. The lowest BCUT2D eigenvalue weighted by molar-refractivity contribution is 0.0591. The molecule has 6 heteroatoms. The average Bonchev–Trinajstić information content (AvgIpc) is 2.77. The number of carbonyl (C=O) groups is 1. The van der Waals surface area contributed by atoms with Crippen LogP contribution in [0.1, 0.15) is 28.9 Å². The molecule has 0 bridgehead atoms. The molecule has 29 heavy (non-hydrogen) atoms. The number of pyridine rings is 1. The van der Waals surface area contributed by atoms with Crippen molar-refractivity contribution in [3.05, 3.63) is 65.9 Å². The predicted octanol–water partition coefficient (Wildman–Crippen LogP) is 4.41. The third kappa shape index (κ3) is 5.45. The van der Waals surface area contributed by atoms with E-state index in [-0.39, 0.29) is 0 Å². The largest absolute Gasteiger partial charge is 0.496 e. The molecular formula is C23H25NO5. The zero-order valence-corrected chi connectivity index (χ0v) is 16.7. The lowest BCUT2D eigenvalue weighted by Gasteiger charge is -2.13. The van der Waals surface area contributed by atoms with Crippen molar-refractivity contribution >= 4 is 16.9 Å². The van der Waals surface area contributed by atoms with Crippen LogP contribution in [0, 0.1) is 0 Å². The van der Waals surface area contributed by atoms with Gasteiger partial charge in [-0.2, -0.15) is 0 Å². The normalized spacial score (nSPS) is 10.7. The molecule has 1 aromatic heterocycles. The third-order valence-corrected chi connectivity index (χ3v) is 4.44. The van der Waals surface area contributed by atoms with Gasteiger partial charge < -0.3 is 18.9 Å². The fourth-order valence-corrected chi connectivity index (χ4v) is 2.96. The summed E-state index contributed by atoms with van der Waals surface area (Å²) in [5.41, 5.74) is 2.19.